The van der Waals surface area contributed by atoms with Gasteiger partial charge in [-0.2, -0.15) is 0 Å². The van der Waals surface area contributed by atoms with Gasteiger partial charge in [-0.05, 0) is 62.1 Å². The molecule has 37 heavy (non-hydrogen) atoms. The standard InChI is InChI=1S/C29H34N4O4/c1-3-22-16-24-23-13-18(9-11-26(23)37-22)7-5-6-8-21-15-27(34)33(29(30)31-21)17-20-14-19(28(35)32-24)10-12-25(20)36-4-2/h5,7,9-14,21-22,24H,3-4,6,8,15-17H2,1-2H3,(H2,30,31)(H,32,35)/b7-5+. The van der Waals surface area contributed by atoms with Crippen LogP contribution in [0.25, 0.3) is 6.08 Å². The number of guanidine groups is 1. The van der Waals surface area contributed by atoms with Crippen molar-refractivity contribution in [2.45, 2.75) is 70.7 Å². The molecule has 6 bridgehead atoms. The van der Waals surface area contributed by atoms with Crippen LogP contribution in [0, 0.1) is 0 Å². The number of hydrogen-bond donors (Lipinski definition) is 2. The molecule has 3 N–H and O–H groups in total. The molecule has 4 aliphatic rings. The molecule has 0 spiro atoms. The molecular formula is C29H34N4O4. The lowest BCUT2D eigenvalue weighted by atomic mass is 9.93. The molecule has 3 unspecified atom stereocenters. The van der Waals surface area contributed by atoms with Gasteiger partial charge in [0, 0.05) is 29.5 Å². The van der Waals surface area contributed by atoms with Gasteiger partial charge in [0.15, 0.2) is 5.96 Å². The smallest absolute Gasteiger partial charge is 0.251 e. The fourth-order valence-electron chi connectivity index (χ4n) is 5.19. The maximum atomic E-state index is 13.5. The van der Waals surface area contributed by atoms with E-state index < -0.39 is 0 Å². The molecule has 0 saturated carbocycles. The minimum Gasteiger partial charge on any atom is -0.494 e. The summed E-state index contributed by atoms with van der Waals surface area (Å²) in [6.07, 6.45) is 7.56. The number of aliphatic imine (C=N–C) groups is 1. The molecule has 4 heterocycles. The molecule has 6 rings (SSSR count). The zero-order valence-corrected chi connectivity index (χ0v) is 21.4. The van der Waals surface area contributed by atoms with Crippen molar-refractivity contribution in [3.8, 4) is 11.5 Å². The van der Waals surface area contributed by atoms with Crippen molar-refractivity contribution in [1.82, 2.24) is 10.2 Å². The van der Waals surface area contributed by atoms with Crippen LogP contribution in [0.1, 0.15) is 79.0 Å². The molecule has 8 heteroatoms. The van der Waals surface area contributed by atoms with Crippen LogP contribution in [0.4, 0.5) is 0 Å². The number of fused-ring (bicyclic) bond motifs is 4. The number of nitrogens with one attached hydrogen (secondary N) is 1. The lowest BCUT2D eigenvalue weighted by molar-refractivity contribution is -0.128. The third-order valence-electron chi connectivity index (χ3n) is 7.19. The van der Waals surface area contributed by atoms with E-state index in [-0.39, 0.29) is 42.5 Å². The molecule has 3 atom stereocenters. The van der Waals surface area contributed by atoms with E-state index in [1.54, 1.807) is 18.2 Å². The Morgan fingerprint density at radius 1 is 1.19 bits per heavy atom. The lowest BCUT2D eigenvalue weighted by Crippen LogP contribution is -2.46. The second-order valence-corrected chi connectivity index (χ2v) is 9.77. The molecule has 2 aromatic rings. The monoisotopic (exact) mass is 502 g/mol. The Balaban J connectivity index is 1.56. The zero-order valence-electron chi connectivity index (χ0n) is 21.4. The van der Waals surface area contributed by atoms with Gasteiger partial charge in [-0.15, -0.1) is 0 Å². The third-order valence-corrected chi connectivity index (χ3v) is 7.19. The fraction of sp³-hybridized carbons (Fsp3) is 0.414. The van der Waals surface area contributed by atoms with Gasteiger partial charge in [-0.1, -0.05) is 25.1 Å². The van der Waals surface area contributed by atoms with Gasteiger partial charge in [-0.25, -0.2) is 4.99 Å². The number of hydrogen-bond acceptors (Lipinski definition) is 6. The summed E-state index contributed by atoms with van der Waals surface area (Å²) in [5.74, 6) is 1.37. The highest BCUT2D eigenvalue weighted by atomic mass is 16.5. The van der Waals surface area contributed by atoms with Crippen LogP contribution in [-0.2, 0) is 11.3 Å². The van der Waals surface area contributed by atoms with Gasteiger partial charge in [0.05, 0.1) is 25.2 Å². The number of rotatable bonds is 3. The topological polar surface area (TPSA) is 106 Å². The second kappa shape index (κ2) is 10.7. The number of carbonyl (C=O) groups excluding carboxylic acids is 2. The number of allylic oxidation sites excluding steroid dienone is 1. The van der Waals surface area contributed by atoms with Crippen molar-refractivity contribution >= 4 is 23.8 Å². The Kier molecular flexibility index (Phi) is 7.17. The predicted molar refractivity (Wildman–Crippen MR) is 142 cm³/mol. The molecule has 0 aromatic heterocycles. The molecular weight excluding hydrogens is 468 g/mol. The highest BCUT2D eigenvalue weighted by molar-refractivity contribution is 5.99. The Hall–Kier alpha value is -3.81. The normalized spacial score (nSPS) is 24.3. The van der Waals surface area contributed by atoms with Gasteiger partial charge in [0.25, 0.3) is 5.91 Å². The minimum atomic E-state index is -0.189. The fourth-order valence-corrected chi connectivity index (χ4v) is 5.19. The summed E-state index contributed by atoms with van der Waals surface area (Å²) in [6, 6.07) is 11.1. The van der Waals surface area contributed by atoms with Crippen LogP contribution in [0.3, 0.4) is 0 Å². The van der Waals surface area contributed by atoms with Crippen molar-refractivity contribution < 1.29 is 19.1 Å². The van der Waals surface area contributed by atoms with E-state index in [0.29, 0.717) is 36.3 Å². The average Bonchev–Trinajstić information content (AvgIpc) is 2.89. The van der Waals surface area contributed by atoms with Crippen LogP contribution in [0.15, 0.2) is 47.5 Å². The molecule has 2 amide bonds. The maximum Gasteiger partial charge on any atom is 0.251 e. The highest BCUT2D eigenvalue weighted by Crippen LogP contribution is 2.37. The maximum absolute atomic E-state index is 13.5. The highest BCUT2D eigenvalue weighted by Gasteiger charge is 2.31. The Morgan fingerprint density at radius 3 is 2.84 bits per heavy atom. The number of ether oxygens (including phenoxy) is 2. The van der Waals surface area contributed by atoms with E-state index in [1.165, 1.54) is 4.90 Å². The second-order valence-electron chi connectivity index (χ2n) is 9.77. The molecule has 0 saturated heterocycles. The molecule has 194 valence electrons. The molecule has 0 radical (unpaired) electrons. The van der Waals surface area contributed by atoms with Crippen molar-refractivity contribution in [1.29, 1.82) is 0 Å². The quantitative estimate of drug-likeness (QED) is 0.650. The first kappa shape index (κ1) is 24.9. The van der Waals surface area contributed by atoms with Gasteiger partial charge in [0.1, 0.15) is 17.6 Å². The van der Waals surface area contributed by atoms with Crippen LogP contribution in [0.2, 0.25) is 0 Å². The summed E-state index contributed by atoms with van der Waals surface area (Å²) >= 11 is 0. The van der Waals surface area contributed by atoms with Crippen molar-refractivity contribution in [2.24, 2.45) is 10.7 Å². The number of benzene rings is 2. The first-order chi connectivity index (χ1) is 17.9. The van der Waals surface area contributed by atoms with Crippen molar-refractivity contribution in [3.63, 3.8) is 0 Å². The summed E-state index contributed by atoms with van der Waals surface area (Å²) in [5.41, 5.74) is 9.48. The third kappa shape index (κ3) is 5.33. The van der Waals surface area contributed by atoms with Gasteiger partial charge >= 0.3 is 0 Å². The number of nitrogens with two attached hydrogens (primary N) is 1. The van der Waals surface area contributed by atoms with E-state index in [1.807, 2.05) is 19.1 Å². The largest absolute Gasteiger partial charge is 0.494 e. The number of carbonyl (C=O) groups is 2. The Labute approximate surface area is 217 Å². The van der Waals surface area contributed by atoms with Crippen LogP contribution >= 0.6 is 0 Å². The Morgan fingerprint density at radius 2 is 2.05 bits per heavy atom. The first-order valence-electron chi connectivity index (χ1n) is 13.1. The van der Waals surface area contributed by atoms with Gasteiger partial charge in [-0.3, -0.25) is 14.5 Å². The average molecular weight is 503 g/mol. The first-order valence-corrected chi connectivity index (χ1v) is 13.1. The van der Waals surface area contributed by atoms with E-state index in [0.717, 1.165) is 36.1 Å². The van der Waals surface area contributed by atoms with E-state index in [4.69, 9.17) is 15.2 Å². The van der Waals surface area contributed by atoms with E-state index >= 15 is 0 Å². The number of amides is 2. The lowest BCUT2D eigenvalue weighted by Gasteiger charge is -2.33. The molecule has 8 nitrogen and oxygen atoms in total. The van der Waals surface area contributed by atoms with Crippen molar-refractivity contribution in [2.75, 3.05) is 6.61 Å². The zero-order chi connectivity index (χ0) is 25.9. The molecule has 0 aliphatic carbocycles. The van der Waals surface area contributed by atoms with Gasteiger partial charge < -0.3 is 20.5 Å². The summed E-state index contributed by atoms with van der Waals surface area (Å²) in [7, 11) is 0. The van der Waals surface area contributed by atoms with Gasteiger partial charge in [0.2, 0.25) is 5.91 Å². The molecule has 0 fully saturated rings. The Bertz CT molecular complexity index is 1250. The van der Waals surface area contributed by atoms with Crippen LogP contribution < -0.4 is 20.5 Å². The van der Waals surface area contributed by atoms with Crippen LogP contribution in [0.5, 0.6) is 11.5 Å². The van der Waals surface area contributed by atoms with Crippen molar-refractivity contribution in [3.05, 3.63) is 64.7 Å². The van der Waals surface area contributed by atoms with E-state index in [9.17, 15) is 9.59 Å². The minimum absolute atomic E-state index is 0.0320. The summed E-state index contributed by atoms with van der Waals surface area (Å²) in [6.45, 7) is 4.65. The summed E-state index contributed by atoms with van der Waals surface area (Å²) in [5, 5.41) is 3.23. The molecule has 4 aliphatic heterocycles. The number of nitrogens with zero attached hydrogens (tertiary/aromatic N) is 2. The summed E-state index contributed by atoms with van der Waals surface area (Å²) < 4.78 is 12.0. The predicted octanol–water partition coefficient (Wildman–Crippen LogP) is 4.34. The summed E-state index contributed by atoms with van der Waals surface area (Å²) in [4.78, 5) is 32.6. The molecule has 2 aromatic carbocycles. The van der Waals surface area contributed by atoms with E-state index in [2.05, 4.69) is 35.5 Å². The SMILES string of the molecule is CCOc1ccc2cc1CN1C(=O)CC(CC/C=C/c3ccc4c(c3)C(CC(CC)O4)NC2=O)N=C1N. The van der Waals surface area contributed by atoms with Crippen LogP contribution in [-0.4, -0.2) is 41.4 Å².